The maximum absolute atomic E-state index is 11.8. The number of ketones is 2. The van der Waals surface area contributed by atoms with E-state index in [1.54, 1.807) is 7.05 Å². The average Bonchev–Trinajstić information content (AvgIpc) is 2.33. The Kier molecular flexibility index (Phi) is 8.38. The van der Waals surface area contributed by atoms with E-state index in [0.717, 1.165) is 0 Å². The standard InChI is InChI=1S/C13H22N2O5/c1-8(16)4-5-11(13(19)20)15-12(18)6-10(7-14-3)9(2)17/h10-11,14H,4-7H2,1-3H3,(H,15,18)(H,19,20). The molecule has 0 aromatic carbocycles. The first kappa shape index (κ1) is 18.2. The van der Waals surface area contributed by atoms with Crippen LogP contribution in [0.25, 0.3) is 0 Å². The van der Waals surface area contributed by atoms with Crippen LogP contribution in [0.5, 0.6) is 0 Å². The summed E-state index contributed by atoms with van der Waals surface area (Å²) in [6, 6.07) is -1.10. The number of Topliss-reactive ketones (excluding diaryl/α,β-unsaturated/α-hetero) is 2. The number of hydrogen-bond donors (Lipinski definition) is 3. The van der Waals surface area contributed by atoms with Crippen molar-refractivity contribution in [1.29, 1.82) is 0 Å². The van der Waals surface area contributed by atoms with Crippen LogP contribution in [0.4, 0.5) is 0 Å². The Morgan fingerprint density at radius 1 is 1.15 bits per heavy atom. The summed E-state index contributed by atoms with van der Waals surface area (Å²) in [7, 11) is 1.67. The van der Waals surface area contributed by atoms with Crippen LogP contribution in [0, 0.1) is 5.92 Å². The molecule has 1 amide bonds. The zero-order valence-corrected chi connectivity index (χ0v) is 12.1. The number of aliphatic carboxylic acids is 1. The largest absolute Gasteiger partial charge is 0.480 e. The molecule has 0 saturated heterocycles. The maximum Gasteiger partial charge on any atom is 0.326 e. The lowest BCUT2D eigenvalue weighted by molar-refractivity contribution is -0.142. The fraction of sp³-hybridized carbons (Fsp3) is 0.692. The van der Waals surface area contributed by atoms with Gasteiger partial charge in [-0.3, -0.25) is 9.59 Å². The second-order valence-corrected chi connectivity index (χ2v) is 4.77. The van der Waals surface area contributed by atoms with Crippen LogP contribution in [0.15, 0.2) is 0 Å². The Hall–Kier alpha value is -1.76. The Morgan fingerprint density at radius 2 is 1.75 bits per heavy atom. The molecule has 0 radical (unpaired) electrons. The van der Waals surface area contributed by atoms with Crippen LogP contribution in [0.3, 0.4) is 0 Å². The van der Waals surface area contributed by atoms with E-state index in [9.17, 15) is 19.2 Å². The molecule has 0 aromatic rings. The second-order valence-electron chi connectivity index (χ2n) is 4.77. The molecule has 0 rings (SSSR count). The number of nitrogens with one attached hydrogen (secondary N) is 2. The number of rotatable bonds is 10. The van der Waals surface area contributed by atoms with Gasteiger partial charge in [0, 0.05) is 25.3 Å². The molecule has 3 N–H and O–H groups in total. The highest BCUT2D eigenvalue weighted by Crippen LogP contribution is 2.05. The summed E-state index contributed by atoms with van der Waals surface area (Å²) in [5.74, 6) is -2.45. The summed E-state index contributed by atoms with van der Waals surface area (Å²) < 4.78 is 0. The molecule has 0 heterocycles. The smallest absolute Gasteiger partial charge is 0.326 e. The summed E-state index contributed by atoms with van der Waals surface area (Å²) >= 11 is 0. The molecular weight excluding hydrogens is 264 g/mol. The normalized spacial score (nSPS) is 13.3. The van der Waals surface area contributed by atoms with Gasteiger partial charge in [0.1, 0.15) is 17.6 Å². The van der Waals surface area contributed by atoms with Gasteiger partial charge in [-0.1, -0.05) is 0 Å². The molecule has 0 bridgehead atoms. The van der Waals surface area contributed by atoms with Crippen molar-refractivity contribution < 1.29 is 24.3 Å². The molecule has 0 aromatic heterocycles. The number of hydrogen-bond acceptors (Lipinski definition) is 5. The van der Waals surface area contributed by atoms with Crippen LogP contribution < -0.4 is 10.6 Å². The minimum Gasteiger partial charge on any atom is -0.480 e. The average molecular weight is 286 g/mol. The molecule has 7 nitrogen and oxygen atoms in total. The van der Waals surface area contributed by atoms with Crippen molar-refractivity contribution >= 4 is 23.4 Å². The van der Waals surface area contributed by atoms with Crippen LogP contribution in [0.1, 0.15) is 33.1 Å². The van der Waals surface area contributed by atoms with Gasteiger partial charge in [-0.05, 0) is 27.3 Å². The summed E-state index contributed by atoms with van der Waals surface area (Å²) in [5.41, 5.74) is 0. The van der Waals surface area contributed by atoms with Crippen molar-refractivity contribution in [1.82, 2.24) is 10.6 Å². The van der Waals surface area contributed by atoms with Gasteiger partial charge in [0.25, 0.3) is 0 Å². The van der Waals surface area contributed by atoms with E-state index in [1.165, 1.54) is 13.8 Å². The molecule has 0 fully saturated rings. The van der Waals surface area contributed by atoms with Gasteiger partial charge in [0.15, 0.2) is 0 Å². The number of carbonyl (C=O) groups is 4. The van der Waals surface area contributed by atoms with Gasteiger partial charge in [0.2, 0.25) is 5.91 Å². The lowest BCUT2D eigenvalue weighted by Gasteiger charge is -2.17. The molecule has 0 spiro atoms. The third-order valence-corrected chi connectivity index (χ3v) is 2.88. The van der Waals surface area contributed by atoms with Crippen LogP contribution >= 0.6 is 0 Å². The Bertz CT molecular complexity index is 381. The molecule has 0 aliphatic carbocycles. The highest BCUT2D eigenvalue weighted by molar-refractivity contribution is 5.88. The number of carbonyl (C=O) groups excluding carboxylic acids is 3. The molecular formula is C13H22N2O5. The minimum atomic E-state index is -1.19. The number of carboxylic acids is 1. The van der Waals surface area contributed by atoms with E-state index in [2.05, 4.69) is 10.6 Å². The van der Waals surface area contributed by atoms with Crippen LogP contribution in [-0.4, -0.2) is 48.2 Å². The lowest BCUT2D eigenvalue weighted by Crippen LogP contribution is -2.42. The molecule has 0 saturated carbocycles. The Labute approximate surface area is 118 Å². The highest BCUT2D eigenvalue weighted by Gasteiger charge is 2.23. The fourth-order valence-electron chi connectivity index (χ4n) is 1.69. The predicted molar refractivity (Wildman–Crippen MR) is 72.2 cm³/mol. The zero-order valence-electron chi connectivity index (χ0n) is 12.1. The fourth-order valence-corrected chi connectivity index (χ4v) is 1.69. The van der Waals surface area contributed by atoms with Gasteiger partial charge in [-0.25, -0.2) is 4.79 Å². The van der Waals surface area contributed by atoms with Crippen LogP contribution in [-0.2, 0) is 19.2 Å². The molecule has 7 heteroatoms. The highest BCUT2D eigenvalue weighted by atomic mass is 16.4. The van der Waals surface area contributed by atoms with Crippen molar-refractivity contribution in [2.45, 2.75) is 39.2 Å². The number of carboxylic acid groups (broad SMARTS) is 1. The molecule has 2 atom stereocenters. The van der Waals surface area contributed by atoms with Gasteiger partial charge in [-0.2, -0.15) is 0 Å². The third kappa shape index (κ3) is 7.63. The molecule has 0 aliphatic rings. The number of amides is 1. The van der Waals surface area contributed by atoms with Gasteiger partial charge >= 0.3 is 5.97 Å². The first-order chi connectivity index (χ1) is 9.27. The second kappa shape index (κ2) is 9.19. The SMILES string of the molecule is CNCC(CC(=O)NC(CCC(C)=O)C(=O)O)C(C)=O. The summed E-state index contributed by atoms with van der Waals surface area (Å²) in [5, 5.41) is 14.1. The third-order valence-electron chi connectivity index (χ3n) is 2.88. The molecule has 20 heavy (non-hydrogen) atoms. The van der Waals surface area contributed by atoms with E-state index < -0.39 is 23.8 Å². The quantitative estimate of drug-likeness (QED) is 0.510. The van der Waals surface area contributed by atoms with E-state index in [4.69, 9.17) is 5.11 Å². The van der Waals surface area contributed by atoms with E-state index in [0.29, 0.717) is 6.54 Å². The summed E-state index contributed by atoms with van der Waals surface area (Å²) in [6.07, 6.45) is 0.0666. The monoisotopic (exact) mass is 286 g/mol. The van der Waals surface area contributed by atoms with Crippen molar-refractivity contribution in [3.63, 3.8) is 0 Å². The van der Waals surface area contributed by atoms with Gasteiger partial charge in [0.05, 0.1) is 0 Å². The Morgan fingerprint density at radius 3 is 2.15 bits per heavy atom. The molecule has 0 aliphatic heterocycles. The summed E-state index contributed by atoms with van der Waals surface area (Å²) in [4.78, 5) is 44.9. The van der Waals surface area contributed by atoms with Crippen molar-refractivity contribution in [2.24, 2.45) is 5.92 Å². The first-order valence-electron chi connectivity index (χ1n) is 6.44. The maximum atomic E-state index is 11.8. The van der Waals surface area contributed by atoms with Crippen molar-refractivity contribution in [3.8, 4) is 0 Å². The van der Waals surface area contributed by atoms with Crippen molar-refractivity contribution in [2.75, 3.05) is 13.6 Å². The van der Waals surface area contributed by atoms with Crippen molar-refractivity contribution in [3.05, 3.63) is 0 Å². The first-order valence-corrected chi connectivity index (χ1v) is 6.44. The van der Waals surface area contributed by atoms with E-state index in [1.807, 2.05) is 0 Å². The zero-order chi connectivity index (χ0) is 15.7. The van der Waals surface area contributed by atoms with Gasteiger partial charge in [-0.15, -0.1) is 0 Å². The van der Waals surface area contributed by atoms with E-state index >= 15 is 0 Å². The minimum absolute atomic E-state index is 0.0488. The predicted octanol–water partition coefficient (Wildman–Crippen LogP) is -0.260. The molecule has 2 unspecified atom stereocenters. The Balaban J connectivity index is 4.47. The van der Waals surface area contributed by atoms with Gasteiger partial charge < -0.3 is 20.5 Å². The van der Waals surface area contributed by atoms with E-state index in [-0.39, 0.29) is 30.8 Å². The summed E-state index contributed by atoms with van der Waals surface area (Å²) in [6.45, 7) is 3.10. The lowest BCUT2D eigenvalue weighted by atomic mass is 10.00. The molecule has 114 valence electrons. The van der Waals surface area contributed by atoms with Crippen LogP contribution in [0.2, 0.25) is 0 Å². The topological polar surface area (TPSA) is 113 Å².